The molecule has 0 radical (unpaired) electrons. The Labute approximate surface area is 90.1 Å². The Morgan fingerprint density at radius 1 is 1.36 bits per heavy atom. The Morgan fingerprint density at radius 3 is 2.43 bits per heavy atom. The molecule has 1 saturated heterocycles. The van der Waals surface area contributed by atoms with Gasteiger partial charge in [0.15, 0.2) is 0 Å². The highest BCUT2D eigenvalue weighted by Crippen LogP contribution is 2.03. The maximum atomic E-state index is 11.0. The molecule has 1 heterocycles. The molecule has 0 bridgehead atoms. The van der Waals surface area contributed by atoms with Gasteiger partial charge in [0.05, 0.1) is 13.1 Å². The van der Waals surface area contributed by atoms with E-state index in [1.807, 2.05) is 0 Å². The van der Waals surface area contributed by atoms with Gasteiger partial charge in [0.1, 0.15) is 0 Å². The van der Waals surface area contributed by atoms with Gasteiger partial charge in [-0.3, -0.25) is 14.9 Å². The Hall–Kier alpha value is -0.815. The molecule has 0 spiro atoms. The molecular formula is C7H9BBrNO4. The van der Waals surface area contributed by atoms with E-state index in [1.54, 1.807) is 11.1 Å². The number of nitrogens with one attached hydrogen (secondary N) is 1. The Morgan fingerprint density at radius 2 is 1.93 bits per heavy atom. The summed E-state index contributed by atoms with van der Waals surface area (Å²) in [6.07, 6.45) is 2.04. The fourth-order valence-electron chi connectivity index (χ4n) is 0.926. The van der Waals surface area contributed by atoms with Crippen molar-refractivity contribution >= 4 is 35.0 Å². The van der Waals surface area contributed by atoms with Crippen LogP contribution < -0.4 is 5.32 Å². The molecule has 1 aliphatic heterocycles. The SMILES string of the molecule is O=C1CNCC(=O)OB(C/C=C/Br)O1. The predicted molar refractivity (Wildman–Crippen MR) is 53.7 cm³/mol. The van der Waals surface area contributed by atoms with Gasteiger partial charge < -0.3 is 9.31 Å². The summed E-state index contributed by atoms with van der Waals surface area (Å²) in [5.74, 6) is -0.851. The lowest BCUT2D eigenvalue weighted by Gasteiger charge is -2.16. The first-order valence-electron chi connectivity index (χ1n) is 4.07. The van der Waals surface area contributed by atoms with Gasteiger partial charge in [0, 0.05) is 6.32 Å². The molecule has 0 aromatic carbocycles. The summed E-state index contributed by atoms with van der Waals surface area (Å²) in [4.78, 5) is 23.6. The second kappa shape index (κ2) is 5.82. The summed E-state index contributed by atoms with van der Waals surface area (Å²) >= 11 is 3.07. The van der Waals surface area contributed by atoms with Crippen LogP contribution in [0.1, 0.15) is 0 Å². The van der Waals surface area contributed by atoms with E-state index in [9.17, 15) is 9.59 Å². The molecule has 76 valence electrons. The zero-order valence-electron chi connectivity index (χ0n) is 7.36. The monoisotopic (exact) mass is 261 g/mol. The Kier molecular flexibility index (Phi) is 4.68. The standard InChI is InChI=1S/C7H9BBrNO4/c9-3-1-2-8-13-6(11)4-10-5-7(12)14-8/h1,3,10H,2,4-5H2/b3-1+. The number of allylic oxidation sites excluding steroid dienone is 1. The highest BCUT2D eigenvalue weighted by atomic mass is 79.9. The minimum Gasteiger partial charge on any atom is -0.498 e. The smallest absolute Gasteiger partial charge is 0.498 e. The van der Waals surface area contributed by atoms with Crippen molar-refractivity contribution in [3.05, 3.63) is 11.1 Å². The van der Waals surface area contributed by atoms with Gasteiger partial charge in [-0.1, -0.05) is 22.0 Å². The molecule has 0 aromatic heterocycles. The van der Waals surface area contributed by atoms with Gasteiger partial charge >= 0.3 is 19.1 Å². The topological polar surface area (TPSA) is 64.6 Å². The average Bonchev–Trinajstić information content (AvgIpc) is 2.11. The van der Waals surface area contributed by atoms with Crippen molar-refractivity contribution in [3.63, 3.8) is 0 Å². The summed E-state index contributed by atoms with van der Waals surface area (Å²) in [5.41, 5.74) is 0. The number of carbonyl (C=O) groups is 2. The third-order valence-corrected chi connectivity index (χ3v) is 1.86. The zero-order chi connectivity index (χ0) is 10.4. The lowest BCUT2D eigenvalue weighted by atomic mass is 9.84. The molecule has 0 aliphatic carbocycles. The van der Waals surface area contributed by atoms with Crippen LogP contribution >= 0.6 is 15.9 Å². The molecular weight excluding hydrogens is 253 g/mol. The summed E-state index contributed by atoms with van der Waals surface area (Å²) in [7, 11) is -0.814. The fourth-order valence-corrected chi connectivity index (χ4v) is 1.14. The van der Waals surface area contributed by atoms with Crippen LogP contribution in [0.2, 0.25) is 6.32 Å². The summed E-state index contributed by atoms with van der Waals surface area (Å²) < 4.78 is 9.69. The maximum absolute atomic E-state index is 11.0. The van der Waals surface area contributed by atoms with Crippen molar-refractivity contribution in [2.24, 2.45) is 0 Å². The number of hydrogen-bond acceptors (Lipinski definition) is 5. The van der Waals surface area contributed by atoms with Gasteiger partial charge in [-0.05, 0) is 4.99 Å². The summed E-state index contributed by atoms with van der Waals surface area (Å²) in [6.45, 7) is 0.0628. The molecule has 1 rings (SSSR count). The van der Waals surface area contributed by atoms with Crippen molar-refractivity contribution in [1.82, 2.24) is 5.32 Å². The van der Waals surface area contributed by atoms with Crippen LogP contribution in [0.15, 0.2) is 11.1 Å². The zero-order valence-corrected chi connectivity index (χ0v) is 8.95. The number of rotatable bonds is 2. The van der Waals surface area contributed by atoms with Crippen LogP contribution in [0, 0.1) is 0 Å². The van der Waals surface area contributed by atoms with Crippen LogP contribution in [-0.4, -0.2) is 32.1 Å². The van der Waals surface area contributed by atoms with Gasteiger partial charge in [0.2, 0.25) is 0 Å². The van der Waals surface area contributed by atoms with Gasteiger partial charge in [-0.2, -0.15) is 0 Å². The molecule has 5 nitrogen and oxygen atoms in total. The predicted octanol–water partition coefficient (Wildman–Crippen LogP) is 0.0728. The second-order valence-corrected chi connectivity index (χ2v) is 3.14. The van der Waals surface area contributed by atoms with Gasteiger partial charge in [0.25, 0.3) is 0 Å². The molecule has 0 saturated carbocycles. The minimum absolute atomic E-state index is 0.0314. The second-order valence-electron chi connectivity index (χ2n) is 2.61. The lowest BCUT2D eigenvalue weighted by Crippen LogP contribution is -2.41. The number of carbonyl (C=O) groups excluding carboxylic acids is 2. The minimum atomic E-state index is -0.814. The first kappa shape index (κ1) is 11.3. The van der Waals surface area contributed by atoms with E-state index in [1.165, 1.54) is 0 Å². The van der Waals surface area contributed by atoms with Crippen molar-refractivity contribution in [2.45, 2.75) is 6.32 Å². The average molecular weight is 262 g/mol. The Bertz CT molecular complexity index is 240. The Balaban J connectivity index is 2.51. The number of hydrogen-bond donors (Lipinski definition) is 1. The van der Waals surface area contributed by atoms with Crippen LogP contribution in [0.5, 0.6) is 0 Å². The molecule has 1 aliphatic rings. The van der Waals surface area contributed by atoms with E-state index in [2.05, 4.69) is 21.2 Å². The third kappa shape index (κ3) is 3.93. The lowest BCUT2D eigenvalue weighted by molar-refractivity contribution is -0.141. The first-order chi connectivity index (χ1) is 6.72. The highest BCUT2D eigenvalue weighted by Gasteiger charge is 2.28. The van der Waals surface area contributed by atoms with Crippen LogP contribution in [0.3, 0.4) is 0 Å². The van der Waals surface area contributed by atoms with E-state index in [0.717, 1.165) is 0 Å². The third-order valence-electron chi connectivity index (χ3n) is 1.48. The van der Waals surface area contributed by atoms with E-state index in [-0.39, 0.29) is 13.1 Å². The molecule has 0 atom stereocenters. The van der Waals surface area contributed by atoms with E-state index in [4.69, 9.17) is 9.31 Å². The highest BCUT2D eigenvalue weighted by molar-refractivity contribution is 9.11. The van der Waals surface area contributed by atoms with Crippen molar-refractivity contribution < 1.29 is 18.9 Å². The van der Waals surface area contributed by atoms with Crippen LogP contribution in [-0.2, 0) is 18.9 Å². The van der Waals surface area contributed by atoms with Crippen LogP contribution in [0.25, 0.3) is 0 Å². The van der Waals surface area contributed by atoms with E-state index < -0.39 is 19.1 Å². The maximum Gasteiger partial charge on any atom is 0.602 e. The van der Waals surface area contributed by atoms with Crippen molar-refractivity contribution in [3.8, 4) is 0 Å². The summed E-state index contributed by atoms with van der Waals surface area (Å²) in [5, 5.41) is 2.59. The van der Waals surface area contributed by atoms with Gasteiger partial charge in [-0.25, -0.2) is 0 Å². The normalized spacial score (nSPS) is 18.8. The molecule has 7 heteroatoms. The van der Waals surface area contributed by atoms with Crippen molar-refractivity contribution in [2.75, 3.05) is 13.1 Å². The molecule has 0 amide bonds. The first-order valence-corrected chi connectivity index (χ1v) is 4.99. The quantitative estimate of drug-likeness (QED) is 0.713. The number of halogens is 1. The van der Waals surface area contributed by atoms with Crippen LogP contribution in [0.4, 0.5) is 0 Å². The summed E-state index contributed by atoms with van der Waals surface area (Å²) in [6, 6.07) is 0. The molecule has 1 N–H and O–H groups in total. The van der Waals surface area contributed by atoms with Gasteiger partial charge in [-0.15, -0.1) is 0 Å². The molecule has 0 aromatic rings. The molecule has 0 unspecified atom stereocenters. The van der Waals surface area contributed by atoms with Crippen molar-refractivity contribution in [1.29, 1.82) is 0 Å². The fraction of sp³-hybridized carbons (Fsp3) is 0.429. The largest absolute Gasteiger partial charge is 0.602 e. The van der Waals surface area contributed by atoms with E-state index in [0.29, 0.717) is 6.32 Å². The molecule has 1 fully saturated rings. The molecule has 14 heavy (non-hydrogen) atoms. The van der Waals surface area contributed by atoms with E-state index >= 15 is 0 Å².